The first-order chi connectivity index (χ1) is 14.0. The molecule has 2 unspecified atom stereocenters. The largest absolute Gasteiger partial charge is 0.326 e. The Labute approximate surface area is 177 Å². The number of rotatable bonds is 6. The average molecular weight is 413 g/mol. The number of amides is 1. The topological polar surface area (TPSA) is 59.8 Å². The summed E-state index contributed by atoms with van der Waals surface area (Å²) in [7, 11) is 0. The predicted molar refractivity (Wildman–Crippen MR) is 114 cm³/mol. The second-order valence-corrected chi connectivity index (χ2v) is 10.0. The highest BCUT2D eigenvalue weighted by Crippen LogP contribution is 2.64. The van der Waals surface area contributed by atoms with E-state index in [9.17, 15) is 4.79 Å². The molecule has 5 nitrogen and oxygen atoms in total. The molecule has 0 spiro atoms. The van der Waals surface area contributed by atoms with Crippen molar-refractivity contribution >= 4 is 23.2 Å². The lowest BCUT2D eigenvalue weighted by Gasteiger charge is -2.60. The van der Waals surface area contributed by atoms with Gasteiger partial charge in [0.2, 0.25) is 11.2 Å². The van der Waals surface area contributed by atoms with Crippen LogP contribution in [0.2, 0.25) is 5.28 Å². The molecular weight excluding hydrogens is 384 g/mol. The Morgan fingerprint density at radius 3 is 2.55 bits per heavy atom. The molecule has 154 valence electrons. The molecule has 4 bridgehead atoms. The van der Waals surface area contributed by atoms with Gasteiger partial charge in [-0.3, -0.25) is 4.79 Å². The second kappa shape index (κ2) is 7.12. The Bertz CT molecular complexity index is 892. The van der Waals surface area contributed by atoms with Gasteiger partial charge >= 0.3 is 0 Å². The van der Waals surface area contributed by atoms with E-state index in [2.05, 4.69) is 46.6 Å². The molecule has 1 amide bonds. The summed E-state index contributed by atoms with van der Waals surface area (Å²) in [6.45, 7) is 2.21. The van der Waals surface area contributed by atoms with Gasteiger partial charge < -0.3 is 5.32 Å². The minimum atomic E-state index is -0.302. The third-order valence-corrected chi connectivity index (χ3v) is 7.67. The van der Waals surface area contributed by atoms with Gasteiger partial charge in [0, 0.05) is 5.69 Å². The molecule has 2 aromatic rings. The summed E-state index contributed by atoms with van der Waals surface area (Å²) in [6.07, 6.45) is 11.5. The van der Waals surface area contributed by atoms with E-state index in [-0.39, 0.29) is 16.9 Å². The van der Waals surface area contributed by atoms with Crippen LogP contribution in [0.1, 0.15) is 63.9 Å². The van der Waals surface area contributed by atoms with E-state index in [0.717, 1.165) is 44.2 Å². The number of hydrogen-bond acceptors (Lipinski definition) is 3. The first-order valence-electron chi connectivity index (χ1n) is 11.0. The molecule has 6 heteroatoms. The van der Waals surface area contributed by atoms with Gasteiger partial charge in [0.1, 0.15) is 6.33 Å². The first kappa shape index (κ1) is 19.1. The van der Waals surface area contributed by atoms with Crippen LogP contribution in [0.5, 0.6) is 0 Å². The lowest BCUT2D eigenvalue weighted by atomic mass is 9.46. The fraction of sp³-hybridized carbons (Fsp3) is 0.609. The lowest BCUT2D eigenvalue weighted by Crippen LogP contribution is -2.60. The van der Waals surface area contributed by atoms with E-state index >= 15 is 0 Å². The van der Waals surface area contributed by atoms with E-state index in [0.29, 0.717) is 17.1 Å². The van der Waals surface area contributed by atoms with Crippen molar-refractivity contribution in [2.24, 2.45) is 17.3 Å². The third kappa shape index (κ3) is 3.37. The van der Waals surface area contributed by atoms with Crippen LogP contribution in [-0.2, 0) is 16.8 Å². The molecule has 0 aliphatic heterocycles. The molecule has 4 atom stereocenters. The molecule has 1 aromatic carbocycles. The van der Waals surface area contributed by atoms with Crippen molar-refractivity contribution in [1.29, 1.82) is 0 Å². The number of benzene rings is 1. The number of halogens is 1. The third-order valence-electron chi connectivity index (χ3n) is 7.49. The zero-order valence-corrected chi connectivity index (χ0v) is 17.8. The summed E-state index contributed by atoms with van der Waals surface area (Å²) in [5.41, 5.74) is 1.83. The number of aryl methyl sites for hydroxylation is 1. The van der Waals surface area contributed by atoms with Gasteiger partial charge in [-0.25, -0.2) is 9.67 Å². The number of unbranched alkanes of at least 4 members (excludes halogenated alkanes) is 1. The number of carbonyl (C=O) groups is 1. The minimum Gasteiger partial charge on any atom is -0.326 e. The van der Waals surface area contributed by atoms with Crippen molar-refractivity contribution < 1.29 is 4.79 Å². The summed E-state index contributed by atoms with van der Waals surface area (Å²) in [5.74, 6) is 1.35. The van der Waals surface area contributed by atoms with Crippen LogP contribution in [0.25, 0.3) is 0 Å². The van der Waals surface area contributed by atoms with Gasteiger partial charge in [-0.1, -0.05) is 25.5 Å². The molecule has 29 heavy (non-hydrogen) atoms. The molecule has 0 saturated heterocycles. The molecule has 4 aliphatic carbocycles. The maximum Gasteiger partial charge on any atom is 0.242 e. The van der Waals surface area contributed by atoms with E-state index < -0.39 is 0 Å². The van der Waals surface area contributed by atoms with Crippen LogP contribution in [-0.4, -0.2) is 20.7 Å². The molecule has 4 aliphatic rings. The first-order valence-corrected chi connectivity index (χ1v) is 11.4. The van der Waals surface area contributed by atoms with E-state index in [4.69, 9.17) is 11.6 Å². The predicted octanol–water partition coefficient (Wildman–Crippen LogP) is 5.21. The molecule has 1 aromatic heterocycles. The van der Waals surface area contributed by atoms with Crippen LogP contribution in [0.4, 0.5) is 5.69 Å². The van der Waals surface area contributed by atoms with Crippen LogP contribution in [0, 0.1) is 17.3 Å². The van der Waals surface area contributed by atoms with Crippen molar-refractivity contribution in [3.05, 3.63) is 41.4 Å². The van der Waals surface area contributed by atoms with Crippen molar-refractivity contribution in [2.75, 3.05) is 5.32 Å². The maximum absolute atomic E-state index is 13.5. The smallest absolute Gasteiger partial charge is 0.242 e. The number of nitrogens with one attached hydrogen (secondary N) is 1. The Morgan fingerprint density at radius 2 is 1.93 bits per heavy atom. The van der Waals surface area contributed by atoms with Crippen molar-refractivity contribution in [3.63, 3.8) is 0 Å². The molecule has 1 N–H and O–H groups in total. The summed E-state index contributed by atoms with van der Waals surface area (Å²) < 4.78 is 1.97. The van der Waals surface area contributed by atoms with E-state index in [1.165, 1.54) is 24.8 Å². The van der Waals surface area contributed by atoms with E-state index in [1.807, 2.05) is 4.68 Å². The van der Waals surface area contributed by atoms with Crippen LogP contribution >= 0.6 is 11.6 Å². The SMILES string of the molecule is CCCCc1ccc(NC(=O)C23C[C@H]4C[C@@H](C2)CC(n2cnc(Cl)n2)(C4)C3)cc1. The number of anilines is 1. The molecule has 4 fully saturated rings. The van der Waals surface area contributed by atoms with Crippen LogP contribution in [0.15, 0.2) is 30.6 Å². The molecular formula is C23H29ClN4O. The standard InChI is InChI=1S/C23H29ClN4O/c1-2-3-4-16-5-7-19(8-6-16)26-20(29)22-10-17-9-18(11-22)13-23(12-17,14-22)28-15-25-21(24)27-28/h5-8,15,17-18H,2-4,9-14H2,1H3,(H,26,29)/t17-,18+,22?,23?. The van der Waals surface area contributed by atoms with Gasteiger partial charge in [0.25, 0.3) is 0 Å². The average Bonchev–Trinajstić information content (AvgIpc) is 3.14. The molecule has 0 radical (unpaired) electrons. The summed E-state index contributed by atoms with van der Waals surface area (Å²) in [5, 5.41) is 7.99. The Balaban J connectivity index is 1.37. The maximum atomic E-state index is 13.5. The summed E-state index contributed by atoms with van der Waals surface area (Å²) >= 11 is 6.03. The second-order valence-electron chi connectivity index (χ2n) is 9.68. The Hall–Kier alpha value is -1.88. The molecule has 1 heterocycles. The highest BCUT2D eigenvalue weighted by molar-refractivity contribution is 6.28. The van der Waals surface area contributed by atoms with Crippen LogP contribution in [0.3, 0.4) is 0 Å². The summed E-state index contributed by atoms with van der Waals surface area (Å²) in [4.78, 5) is 17.7. The van der Waals surface area contributed by atoms with Crippen molar-refractivity contribution in [1.82, 2.24) is 14.8 Å². The molecule has 6 rings (SSSR count). The van der Waals surface area contributed by atoms with Crippen molar-refractivity contribution in [2.45, 2.75) is 70.3 Å². The highest BCUT2D eigenvalue weighted by Gasteiger charge is 2.61. The fourth-order valence-corrected chi connectivity index (χ4v) is 6.74. The van der Waals surface area contributed by atoms with Gasteiger partial charge in [-0.2, -0.15) is 0 Å². The highest BCUT2D eigenvalue weighted by atomic mass is 35.5. The van der Waals surface area contributed by atoms with Gasteiger partial charge in [-0.05, 0) is 92.5 Å². The van der Waals surface area contributed by atoms with Gasteiger partial charge in [0.15, 0.2) is 0 Å². The lowest BCUT2D eigenvalue weighted by molar-refractivity contribution is -0.150. The quantitative estimate of drug-likeness (QED) is 0.708. The fourth-order valence-electron chi connectivity index (χ4n) is 6.62. The molecule has 4 saturated carbocycles. The van der Waals surface area contributed by atoms with Crippen LogP contribution < -0.4 is 5.32 Å². The minimum absolute atomic E-state index is 0.106. The monoisotopic (exact) mass is 412 g/mol. The zero-order valence-electron chi connectivity index (χ0n) is 17.0. The van der Waals surface area contributed by atoms with Gasteiger partial charge in [0.05, 0.1) is 11.0 Å². The summed E-state index contributed by atoms with van der Waals surface area (Å²) in [6, 6.07) is 8.39. The number of nitrogens with zero attached hydrogens (tertiary/aromatic N) is 3. The number of carbonyl (C=O) groups excluding carboxylic acids is 1. The normalized spacial score (nSPS) is 32.5. The Kier molecular flexibility index (Phi) is 4.69. The number of aromatic nitrogens is 3. The zero-order chi connectivity index (χ0) is 20.1. The Morgan fingerprint density at radius 1 is 1.21 bits per heavy atom. The van der Waals surface area contributed by atoms with E-state index in [1.54, 1.807) is 6.33 Å². The van der Waals surface area contributed by atoms with Gasteiger partial charge in [-0.15, -0.1) is 5.10 Å². The number of hydrogen-bond donors (Lipinski definition) is 1. The van der Waals surface area contributed by atoms with Crippen molar-refractivity contribution in [3.8, 4) is 0 Å².